The number of likely N-dealkylation sites (N-methyl/N-ethyl adjacent to an activating group) is 1. The van der Waals surface area contributed by atoms with Gasteiger partial charge in [-0.05, 0) is 55.4 Å². The van der Waals surface area contributed by atoms with Gasteiger partial charge in [-0.15, -0.1) is 0 Å². The number of nitrogens with zero attached hydrogens (tertiary/aromatic N) is 1. The molecule has 3 fully saturated rings. The molecule has 5 unspecified atom stereocenters. The molecule has 0 aliphatic heterocycles. The van der Waals surface area contributed by atoms with Crippen molar-refractivity contribution in [3.05, 3.63) is 35.9 Å². The highest BCUT2D eigenvalue weighted by Gasteiger charge is 2.54. The van der Waals surface area contributed by atoms with Crippen molar-refractivity contribution in [2.45, 2.75) is 116 Å². The molecule has 0 radical (unpaired) electrons. The molecule has 12 nitrogen and oxygen atoms in total. The zero-order chi connectivity index (χ0) is 38.7. The standard InChI is InChI=1S/C41H59N3O9/c1-6-14-33(36(47)39(49)42-23-29(45)22-31(40(50)44(4)5)26-15-9-7-10-16-26)43-38(48)34-30-20-13-19-28(30)21-32(34)35(46)37(27-17-11-8-12-18-27)53-41(51)52-24-25(2)3/h7,9-10,15-16,25,27-28,30-34,37H,6,8,11-14,17-24H2,1-5H3,(H,42,49)(H,43,48)/t28?,30?,31?,32?,33?,34-,37+/m1/s1. The van der Waals surface area contributed by atoms with Crippen LogP contribution in [0, 0.1) is 35.5 Å². The van der Waals surface area contributed by atoms with Crippen LogP contribution in [0.4, 0.5) is 4.79 Å². The van der Waals surface area contributed by atoms with E-state index in [4.69, 9.17) is 9.47 Å². The maximum atomic E-state index is 14.4. The highest BCUT2D eigenvalue weighted by atomic mass is 16.7. The largest absolute Gasteiger partial charge is 0.509 e. The lowest BCUT2D eigenvalue weighted by molar-refractivity contribution is -0.144. The Hall–Kier alpha value is -4.09. The van der Waals surface area contributed by atoms with Crippen molar-refractivity contribution in [1.82, 2.24) is 15.5 Å². The predicted octanol–water partition coefficient (Wildman–Crippen LogP) is 5.17. The van der Waals surface area contributed by atoms with Crippen LogP contribution in [0.1, 0.15) is 109 Å². The van der Waals surface area contributed by atoms with Crippen molar-refractivity contribution in [1.29, 1.82) is 0 Å². The molecule has 1 aromatic rings. The van der Waals surface area contributed by atoms with Gasteiger partial charge in [0.15, 0.2) is 17.7 Å². The third-order valence-corrected chi connectivity index (χ3v) is 11.2. The summed E-state index contributed by atoms with van der Waals surface area (Å²) in [6.07, 6.45) is 6.12. The number of hydrogen-bond donors (Lipinski definition) is 2. The molecule has 12 heteroatoms. The first kappa shape index (κ1) is 41.7. The summed E-state index contributed by atoms with van der Waals surface area (Å²) in [5, 5.41) is 5.24. The van der Waals surface area contributed by atoms with Crippen molar-refractivity contribution in [3.8, 4) is 0 Å². The van der Waals surface area contributed by atoms with Crippen LogP contribution in [0.25, 0.3) is 0 Å². The first-order valence-electron chi connectivity index (χ1n) is 19.6. The number of hydrogen-bond acceptors (Lipinski definition) is 9. The topological polar surface area (TPSA) is 165 Å². The molecule has 7 atom stereocenters. The van der Waals surface area contributed by atoms with Gasteiger partial charge in [-0.25, -0.2) is 4.79 Å². The summed E-state index contributed by atoms with van der Waals surface area (Å²) in [4.78, 5) is 95.3. The quantitative estimate of drug-likeness (QED) is 0.153. The second-order valence-electron chi connectivity index (χ2n) is 15.9. The number of nitrogens with one attached hydrogen (secondary N) is 2. The number of ether oxygens (including phenoxy) is 2. The first-order chi connectivity index (χ1) is 25.3. The molecule has 4 rings (SSSR count). The minimum absolute atomic E-state index is 0.0601. The summed E-state index contributed by atoms with van der Waals surface area (Å²) in [6.45, 7) is 5.37. The fourth-order valence-corrected chi connectivity index (χ4v) is 8.57. The van der Waals surface area contributed by atoms with Crippen LogP contribution >= 0.6 is 0 Å². The molecule has 3 amide bonds. The number of Topliss-reactive ketones (excluding diaryl/α,β-unsaturated/α-hetero) is 3. The van der Waals surface area contributed by atoms with Crippen LogP contribution in [0.15, 0.2) is 30.3 Å². The molecule has 3 aliphatic carbocycles. The molecule has 0 heterocycles. The maximum absolute atomic E-state index is 14.4. The molecule has 0 saturated heterocycles. The lowest BCUT2D eigenvalue weighted by Crippen LogP contribution is -2.52. The number of amides is 3. The van der Waals surface area contributed by atoms with E-state index in [0.717, 1.165) is 51.4 Å². The summed E-state index contributed by atoms with van der Waals surface area (Å²) in [7, 11) is 3.21. The summed E-state index contributed by atoms with van der Waals surface area (Å²) >= 11 is 0. The highest BCUT2D eigenvalue weighted by molar-refractivity contribution is 6.38. The van der Waals surface area contributed by atoms with E-state index >= 15 is 0 Å². The minimum atomic E-state index is -1.15. The molecule has 53 heavy (non-hydrogen) atoms. The number of rotatable bonds is 18. The molecule has 3 saturated carbocycles. The zero-order valence-electron chi connectivity index (χ0n) is 32.1. The molecule has 0 spiro atoms. The highest BCUT2D eigenvalue weighted by Crippen LogP contribution is 2.52. The van der Waals surface area contributed by atoms with Crippen LogP contribution in [0.2, 0.25) is 0 Å². The van der Waals surface area contributed by atoms with Gasteiger partial charge in [-0.2, -0.15) is 0 Å². The van der Waals surface area contributed by atoms with E-state index in [1.165, 1.54) is 4.90 Å². The number of benzene rings is 1. The monoisotopic (exact) mass is 737 g/mol. The Bertz CT molecular complexity index is 1460. The van der Waals surface area contributed by atoms with Gasteiger partial charge in [0.1, 0.15) is 0 Å². The molecular formula is C41H59N3O9. The van der Waals surface area contributed by atoms with Crippen LogP contribution in [0.5, 0.6) is 0 Å². The summed E-state index contributed by atoms with van der Waals surface area (Å²) in [5.41, 5.74) is 0.670. The summed E-state index contributed by atoms with van der Waals surface area (Å²) in [6, 6.07) is 7.75. The summed E-state index contributed by atoms with van der Waals surface area (Å²) in [5.74, 6) is -5.39. The Morgan fingerprint density at radius 1 is 0.906 bits per heavy atom. The number of carbonyl (C=O) groups is 7. The van der Waals surface area contributed by atoms with Crippen LogP contribution in [-0.2, 0) is 38.2 Å². The van der Waals surface area contributed by atoms with Gasteiger partial charge in [0, 0.05) is 32.4 Å². The lowest BCUT2D eigenvalue weighted by atomic mass is 9.77. The Balaban J connectivity index is 1.44. The van der Waals surface area contributed by atoms with Crippen molar-refractivity contribution < 1.29 is 43.0 Å². The zero-order valence-corrected chi connectivity index (χ0v) is 32.1. The average Bonchev–Trinajstić information content (AvgIpc) is 3.76. The fraction of sp³-hybridized carbons (Fsp3) is 0.683. The Kier molecular flexibility index (Phi) is 15.6. The van der Waals surface area contributed by atoms with E-state index in [2.05, 4.69) is 10.6 Å². The van der Waals surface area contributed by atoms with Gasteiger partial charge in [-0.3, -0.25) is 28.8 Å². The predicted molar refractivity (Wildman–Crippen MR) is 197 cm³/mol. The van der Waals surface area contributed by atoms with Crippen LogP contribution in [0.3, 0.4) is 0 Å². The molecule has 292 valence electrons. The van der Waals surface area contributed by atoms with E-state index in [9.17, 15) is 33.6 Å². The van der Waals surface area contributed by atoms with Crippen LogP contribution in [-0.4, -0.2) is 85.5 Å². The lowest BCUT2D eigenvalue weighted by Gasteiger charge is -2.32. The Morgan fingerprint density at radius 2 is 1.60 bits per heavy atom. The van der Waals surface area contributed by atoms with Crippen molar-refractivity contribution >= 4 is 41.2 Å². The van der Waals surface area contributed by atoms with Crippen LogP contribution < -0.4 is 10.6 Å². The SMILES string of the molecule is CCCC(NC(=O)[C@H]1C(C(=O)[C@@H](OC(=O)OCC(C)C)C2CCCCC2)CC2CCCC21)C(=O)C(=O)NCC(=O)CC(C(=O)N(C)C)c1ccccc1. The second-order valence-corrected chi connectivity index (χ2v) is 15.9. The van der Waals surface area contributed by atoms with Crippen molar-refractivity contribution in [2.75, 3.05) is 27.2 Å². The minimum Gasteiger partial charge on any atom is -0.434 e. The van der Waals surface area contributed by atoms with Gasteiger partial charge in [0.05, 0.1) is 31.0 Å². The fourth-order valence-electron chi connectivity index (χ4n) is 8.57. The van der Waals surface area contributed by atoms with E-state index in [1.54, 1.807) is 38.4 Å². The van der Waals surface area contributed by atoms with Gasteiger partial charge < -0.3 is 25.0 Å². The van der Waals surface area contributed by atoms with E-state index in [0.29, 0.717) is 18.4 Å². The number of carbonyl (C=O) groups excluding carboxylic acids is 7. The Labute approximate surface area is 313 Å². The third kappa shape index (κ3) is 11.2. The molecule has 0 bridgehead atoms. The second kappa shape index (κ2) is 19.8. The number of fused-ring (bicyclic) bond motifs is 1. The first-order valence-corrected chi connectivity index (χ1v) is 19.6. The van der Waals surface area contributed by atoms with Gasteiger partial charge in [0.2, 0.25) is 17.6 Å². The molecule has 2 N–H and O–H groups in total. The molecule has 3 aliphatic rings. The van der Waals surface area contributed by atoms with E-state index < -0.39 is 66.0 Å². The van der Waals surface area contributed by atoms with E-state index in [-0.39, 0.29) is 54.8 Å². The Morgan fingerprint density at radius 3 is 2.25 bits per heavy atom. The third-order valence-electron chi connectivity index (χ3n) is 11.2. The smallest absolute Gasteiger partial charge is 0.434 e. The summed E-state index contributed by atoms with van der Waals surface area (Å²) < 4.78 is 11.1. The van der Waals surface area contributed by atoms with Gasteiger partial charge in [-0.1, -0.05) is 89.6 Å². The number of ketones is 3. The van der Waals surface area contributed by atoms with Crippen molar-refractivity contribution in [2.24, 2.45) is 35.5 Å². The molecule has 0 aromatic heterocycles. The molecule has 1 aromatic carbocycles. The van der Waals surface area contributed by atoms with Gasteiger partial charge >= 0.3 is 6.16 Å². The maximum Gasteiger partial charge on any atom is 0.509 e. The normalized spacial score (nSPS) is 22.9. The van der Waals surface area contributed by atoms with Gasteiger partial charge in [0.25, 0.3) is 5.91 Å². The molecular weight excluding hydrogens is 678 g/mol. The average molecular weight is 738 g/mol. The van der Waals surface area contributed by atoms with Crippen molar-refractivity contribution in [3.63, 3.8) is 0 Å². The van der Waals surface area contributed by atoms with E-state index in [1.807, 2.05) is 26.8 Å².